The van der Waals surface area contributed by atoms with Gasteiger partial charge in [-0.05, 0) is 64.2 Å². The molecule has 16 heavy (non-hydrogen) atoms. The molecule has 0 bridgehead atoms. The van der Waals surface area contributed by atoms with E-state index >= 15 is 0 Å². The van der Waals surface area contributed by atoms with Gasteiger partial charge in [0.2, 0.25) is 0 Å². The van der Waals surface area contributed by atoms with Gasteiger partial charge in [0.1, 0.15) is 0 Å². The summed E-state index contributed by atoms with van der Waals surface area (Å²) in [6.07, 6.45) is 6.48. The highest BCUT2D eigenvalue weighted by molar-refractivity contribution is 4.65. The number of hydrogen-bond donors (Lipinski definition) is 1. The fourth-order valence-electron chi connectivity index (χ4n) is 2.19. The van der Waals surface area contributed by atoms with Gasteiger partial charge in [0.15, 0.2) is 0 Å². The Hall–Kier alpha value is -0.0800. The van der Waals surface area contributed by atoms with Crippen molar-refractivity contribution in [2.45, 2.75) is 52.9 Å². The van der Waals surface area contributed by atoms with E-state index in [0.29, 0.717) is 0 Å². The van der Waals surface area contributed by atoms with Crippen LogP contribution in [0.5, 0.6) is 0 Å². The van der Waals surface area contributed by atoms with E-state index in [4.69, 9.17) is 5.73 Å². The van der Waals surface area contributed by atoms with E-state index < -0.39 is 0 Å². The lowest BCUT2D eigenvalue weighted by Gasteiger charge is -2.22. The zero-order valence-electron chi connectivity index (χ0n) is 11.8. The normalized spacial score (nSPS) is 13.7. The maximum atomic E-state index is 5.65. The summed E-state index contributed by atoms with van der Waals surface area (Å²) >= 11 is 0. The van der Waals surface area contributed by atoms with Crippen LogP contribution in [0.4, 0.5) is 0 Å². The van der Waals surface area contributed by atoms with Crippen molar-refractivity contribution in [3.8, 4) is 0 Å². The fraction of sp³-hybridized carbons (Fsp3) is 1.00. The van der Waals surface area contributed by atoms with Crippen LogP contribution >= 0.6 is 0 Å². The van der Waals surface area contributed by atoms with Gasteiger partial charge in [0.05, 0.1) is 0 Å². The minimum atomic E-state index is 0.782. The Labute approximate surface area is 103 Å². The van der Waals surface area contributed by atoms with E-state index in [1.54, 1.807) is 0 Å². The molecule has 0 aromatic carbocycles. The maximum absolute atomic E-state index is 5.65. The smallest absolute Gasteiger partial charge is 0.00217 e. The molecule has 2 heteroatoms. The molecule has 2 nitrogen and oxygen atoms in total. The molecular formula is C14H32N2. The maximum Gasteiger partial charge on any atom is -0.00217 e. The predicted octanol–water partition coefficient (Wildman–Crippen LogP) is 3.12. The van der Waals surface area contributed by atoms with Crippen molar-refractivity contribution in [2.24, 2.45) is 17.6 Å². The molecule has 0 amide bonds. The summed E-state index contributed by atoms with van der Waals surface area (Å²) in [6.45, 7) is 10.2. The summed E-state index contributed by atoms with van der Waals surface area (Å²) in [5.41, 5.74) is 5.65. The van der Waals surface area contributed by atoms with Crippen molar-refractivity contribution in [2.75, 3.05) is 26.7 Å². The van der Waals surface area contributed by atoms with E-state index in [1.165, 1.54) is 45.2 Å². The van der Waals surface area contributed by atoms with Gasteiger partial charge in [-0.2, -0.15) is 0 Å². The minimum Gasteiger partial charge on any atom is -0.330 e. The van der Waals surface area contributed by atoms with Gasteiger partial charge in [-0.3, -0.25) is 0 Å². The SMILES string of the molecule is CCCCN(C)CCCC(CCN)C(C)C. The third-order valence-electron chi connectivity index (χ3n) is 3.49. The molecule has 1 atom stereocenters. The van der Waals surface area contributed by atoms with Gasteiger partial charge in [-0.1, -0.05) is 27.2 Å². The Bertz CT molecular complexity index is 146. The molecule has 1 unspecified atom stereocenters. The standard InChI is InChI=1S/C14H32N2/c1-5-6-11-16(4)12-7-8-14(9-10-15)13(2)3/h13-14H,5-12,15H2,1-4H3. The molecule has 0 radical (unpaired) electrons. The average Bonchev–Trinajstić information content (AvgIpc) is 2.25. The van der Waals surface area contributed by atoms with Crippen LogP contribution in [0.2, 0.25) is 0 Å². The van der Waals surface area contributed by atoms with E-state index in [9.17, 15) is 0 Å². The number of hydrogen-bond acceptors (Lipinski definition) is 2. The summed E-state index contributed by atoms with van der Waals surface area (Å²) in [5, 5.41) is 0. The summed E-state index contributed by atoms with van der Waals surface area (Å²) in [5.74, 6) is 1.61. The predicted molar refractivity (Wildman–Crippen MR) is 73.6 cm³/mol. The van der Waals surface area contributed by atoms with Crippen LogP contribution in [-0.2, 0) is 0 Å². The topological polar surface area (TPSA) is 29.3 Å². The second-order valence-electron chi connectivity index (χ2n) is 5.38. The minimum absolute atomic E-state index is 0.782. The molecule has 0 spiro atoms. The van der Waals surface area contributed by atoms with Crippen LogP contribution in [0.15, 0.2) is 0 Å². The first kappa shape index (κ1) is 15.9. The quantitative estimate of drug-likeness (QED) is 0.622. The molecule has 0 fully saturated rings. The van der Waals surface area contributed by atoms with Crippen LogP contribution in [0.3, 0.4) is 0 Å². The lowest BCUT2D eigenvalue weighted by Crippen LogP contribution is -2.22. The third-order valence-corrected chi connectivity index (χ3v) is 3.49. The second kappa shape index (κ2) is 10.1. The zero-order chi connectivity index (χ0) is 12.4. The van der Waals surface area contributed by atoms with Gasteiger partial charge in [-0.25, -0.2) is 0 Å². The Kier molecular flexibility index (Phi) is 10.0. The van der Waals surface area contributed by atoms with Crippen molar-refractivity contribution in [3.05, 3.63) is 0 Å². The Balaban J connectivity index is 3.60. The first-order chi connectivity index (χ1) is 7.61. The van der Waals surface area contributed by atoms with E-state index in [0.717, 1.165) is 18.4 Å². The fourth-order valence-corrected chi connectivity index (χ4v) is 2.19. The molecule has 0 aromatic heterocycles. The lowest BCUT2D eigenvalue weighted by atomic mass is 9.88. The first-order valence-corrected chi connectivity index (χ1v) is 7.00. The number of rotatable bonds is 10. The van der Waals surface area contributed by atoms with E-state index in [-0.39, 0.29) is 0 Å². The molecule has 0 aliphatic carbocycles. The largest absolute Gasteiger partial charge is 0.330 e. The van der Waals surface area contributed by atoms with Crippen LogP contribution in [-0.4, -0.2) is 31.6 Å². The second-order valence-corrected chi connectivity index (χ2v) is 5.38. The molecule has 0 aromatic rings. The first-order valence-electron chi connectivity index (χ1n) is 7.00. The van der Waals surface area contributed by atoms with Crippen molar-refractivity contribution < 1.29 is 0 Å². The third kappa shape index (κ3) is 8.12. The highest BCUT2D eigenvalue weighted by Crippen LogP contribution is 2.20. The molecule has 98 valence electrons. The molecule has 0 saturated carbocycles. The lowest BCUT2D eigenvalue weighted by molar-refractivity contribution is 0.280. The summed E-state index contributed by atoms with van der Waals surface area (Å²) in [7, 11) is 2.24. The van der Waals surface area contributed by atoms with Gasteiger partial charge in [0.25, 0.3) is 0 Å². The van der Waals surface area contributed by atoms with Crippen molar-refractivity contribution in [3.63, 3.8) is 0 Å². The molecule has 0 aliphatic rings. The molecule has 0 rings (SSSR count). The monoisotopic (exact) mass is 228 g/mol. The molecule has 0 heterocycles. The van der Waals surface area contributed by atoms with Crippen molar-refractivity contribution in [1.29, 1.82) is 0 Å². The average molecular weight is 228 g/mol. The zero-order valence-corrected chi connectivity index (χ0v) is 11.8. The van der Waals surface area contributed by atoms with Crippen LogP contribution in [0.1, 0.15) is 52.9 Å². The number of nitrogens with zero attached hydrogens (tertiary/aromatic N) is 1. The van der Waals surface area contributed by atoms with E-state index in [1.807, 2.05) is 0 Å². The van der Waals surface area contributed by atoms with Gasteiger partial charge in [-0.15, -0.1) is 0 Å². The van der Waals surface area contributed by atoms with Crippen LogP contribution < -0.4 is 5.73 Å². The van der Waals surface area contributed by atoms with E-state index in [2.05, 4.69) is 32.7 Å². The number of unbranched alkanes of at least 4 members (excludes halogenated alkanes) is 1. The molecule has 0 aliphatic heterocycles. The Morgan fingerprint density at radius 1 is 1.06 bits per heavy atom. The molecule has 0 saturated heterocycles. The van der Waals surface area contributed by atoms with Crippen LogP contribution in [0, 0.1) is 11.8 Å². The molecule has 2 N–H and O–H groups in total. The summed E-state index contributed by atoms with van der Waals surface area (Å²) in [6, 6.07) is 0. The highest BCUT2D eigenvalue weighted by Gasteiger charge is 2.12. The summed E-state index contributed by atoms with van der Waals surface area (Å²) in [4.78, 5) is 2.46. The van der Waals surface area contributed by atoms with Crippen molar-refractivity contribution >= 4 is 0 Å². The number of nitrogens with two attached hydrogens (primary N) is 1. The van der Waals surface area contributed by atoms with Gasteiger partial charge >= 0.3 is 0 Å². The summed E-state index contributed by atoms with van der Waals surface area (Å²) < 4.78 is 0. The molecular weight excluding hydrogens is 196 g/mol. The van der Waals surface area contributed by atoms with Crippen LogP contribution in [0.25, 0.3) is 0 Å². The Morgan fingerprint density at radius 3 is 2.19 bits per heavy atom. The van der Waals surface area contributed by atoms with Crippen molar-refractivity contribution in [1.82, 2.24) is 4.90 Å². The van der Waals surface area contributed by atoms with Gasteiger partial charge < -0.3 is 10.6 Å². The Morgan fingerprint density at radius 2 is 1.69 bits per heavy atom. The highest BCUT2D eigenvalue weighted by atomic mass is 15.1. The van der Waals surface area contributed by atoms with Gasteiger partial charge in [0, 0.05) is 0 Å².